The summed E-state index contributed by atoms with van der Waals surface area (Å²) in [6.07, 6.45) is 6.35. The molecule has 0 spiro atoms. The monoisotopic (exact) mass is 240 g/mol. The third kappa shape index (κ3) is 2.51. The van der Waals surface area contributed by atoms with E-state index in [1.165, 1.54) is 12.8 Å². The molecule has 0 amide bonds. The number of aromatic nitrogens is 1. The lowest BCUT2D eigenvalue weighted by Crippen LogP contribution is -2.11. The number of pyridine rings is 1. The van der Waals surface area contributed by atoms with Gasteiger partial charge >= 0.3 is 0 Å². The summed E-state index contributed by atoms with van der Waals surface area (Å²) in [6, 6.07) is 11.8. The van der Waals surface area contributed by atoms with Crippen LogP contribution in [0.15, 0.2) is 48.8 Å². The van der Waals surface area contributed by atoms with Gasteiger partial charge in [0, 0.05) is 12.4 Å². The zero-order valence-corrected chi connectivity index (χ0v) is 10.1. The number of benzene rings is 1. The maximum absolute atomic E-state index is 6.20. The molecule has 92 valence electrons. The lowest BCUT2D eigenvalue weighted by atomic mass is 10.0. The Morgan fingerprint density at radius 1 is 1.11 bits per heavy atom. The van der Waals surface area contributed by atoms with E-state index in [1.54, 1.807) is 12.4 Å². The average molecular weight is 240 g/mol. The van der Waals surface area contributed by atoms with Crippen LogP contribution in [0.2, 0.25) is 0 Å². The Morgan fingerprint density at radius 3 is 2.50 bits per heavy atom. The fourth-order valence-corrected chi connectivity index (χ4v) is 1.88. The Balaban J connectivity index is 1.75. The molecule has 3 rings (SSSR count). The van der Waals surface area contributed by atoms with Crippen molar-refractivity contribution in [3.05, 3.63) is 59.9 Å². The van der Waals surface area contributed by atoms with Gasteiger partial charge in [-0.3, -0.25) is 4.98 Å². The fourth-order valence-electron chi connectivity index (χ4n) is 1.88. The average Bonchev–Trinajstić information content (AvgIpc) is 3.24. The van der Waals surface area contributed by atoms with E-state index in [2.05, 4.69) is 4.98 Å². The molecule has 0 radical (unpaired) electrons. The molecule has 1 atom stereocenters. The van der Waals surface area contributed by atoms with Gasteiger partial charge in [-0.25, -0.2) is 0 Å². The van der Waals surface area contributed by atoms with Crippen molar-refractivity contribution in [2.45, 2.75) is 25.0 Å². The summed E-state index contributed by atoms with van der Waals surface area (Å²) >= 11 is 0. The summed E-state index contributed by atoms with van der Waals surface area (Å²) in [4.78, 5) is 4.09. The molecule has 2 aromatic rings. The van der Waals surface area contributed by atoms with Crippen LogP contribution in [0.4, 0.5) is 0 Å². The van der Waals surface area contributed by atoms with Gasteiger partial charge in [0.1, 0.15) is 5.75 Å². The third-order valence-electron chi connectivity index (χ3n) is 3.11. The summed E-state index contributed by atoms with van der Waals surface area (Å²) in [7, 11) is 0. The Kier molecular flexibility index (Phi) is 2.99. The van der Waals surface area contributed by atoms with Gasteiger partial charge in [0.15, 0.2) is 0 Å². The van der Waals surface area contributed by atoms with E-state index < -0.39 is 0 Å². The summed E-state index contributed by atoms with van der Waals surface area (Å²) in [5.74, 6) is 0.930. The Morgan fingerprint density at radius 2 is 1.89 bits per heavy atom. The summed E-state index contributed by atoms with van der Waals surface area (Å²) in [6.45, 7) is 0. The van der Waals surface area contributed by atoms with Crippen molar-refractivity contribution in [3.63, 3.8) is 0 Å². The van der Waals surface area contributed by atoms with Gasteiger partial charge < -0.3 is 10.5 Å². The molecular weight excluding hydrogens is 224 g/mol. The second-order valence-corrected chi connectivity index (χ2v) is 4.65. The number of nitrogens with two attached hydrogens (primary N) is 1. The number of hydrogen-bond acceptors (Lipinski definition) is 3. The van der Waals surface area contributed by atoms with E-state index in [0.717, 1.165) is 16.9 Å². The number of ether oxygens (including phenoxy) is 1. The lowest BCUT2D eigenvalue weighted by Gasteiger charge is -2.12. The topological polar surface area (TPSA) is 48.1 Å². The maximum Gasteiger partial charge on any atom is 0.119 e. The van der Waals surface area contributed by atoms with Crippen LogP contribution >= 0.6 is 0 Å². The predicted octanol–water partition coefficient (Wildman–Crippen LogP) is 2.67. The molecule has 3 heteroatoms. The highest BCUT2D eigenvalue weighted by molar-refractivity contribution is 5.34. The Hall–Kier alpha value is -1.87. The molecule has 1 aliphatic carbocycles. The molecule has 1 aromatic carbocycles. The molecule has 3 nitrogen and oxygen atoms in total. The van der Waals surface area contributed by atoms with Gasteiger partial charge in [-0.1, -0.05) is 18.2 Å². The van der Waals surface area contributed by atoms with Crippen LogP contribution in [-0.4, -0.2) is 11.1 Å². The molecule has 0 aliphatic heterocycles. The van der Waals surface area contributed by atoms with Crippen LogP contribution in [0.25, 0.3) is 0 Å². The van der Waals surface area contributed by atoms with Crippen LogP contribution in [0.3, 0.4) is 0 Å². The van der Waals surface area contributed by atoms with Gasteiger partial charge in [-0.05, 0) is 42.2 Å². The summed E-state index contributed by atoms with van der Waals surface area (Å²) < 4.78 is 5.71. The first-order valence-corrected chi connectivity index (χ1v) is 6.25. The van der Waals surface area contributed by atoms with Crippen LogP contribution in [0.5, 0.6) is 5.75 Å². The number of rotatable bonds is 4. The van der Waals surface area contributed by atoms with Gasteiger partial charge in [0.2, 0.25) is 0 Å². The standard InChI is InChI=1S/C15H16N2O/c16-15(12-2-1-9-17-10-12)11-3-5-13(6-4-11)18-14-7-8-14/h1-6,9-10,14-15H,7-8,16H2. The minimum Gasteiger partial charge on any atom is -0.490 e. The van der Waals surface area contributed by atoms with Crippen molar-refractivity contribution in [3.8, 4) is 5.75 Å². The first-order valence-electron chi connectivity index (χ1n) is 6.25. The lowest BCUT2D eigenvalue weighted by molar-refractivity contribution is 0.303. The van der Waals surface area contributed by atoms with Crippen molar-refractivity contribution in [2.75, 3.05) is 0 Å². The minimum absolute atomic E-state index is 0.131. The highest BCUT2D eigenvalue weighted by atomic mass is 16.5. The number of hydrogen-bond donors (Lipinski definition) is 1. The van der Waals surface area contributed by atoms with Crippen LogP contribution < -0.4 is 10.5 Å². The molecule has 1 saturated carbocycles. The van der Waals surface area contributed by atoms with E-state index in [9.17, 15) is 0 Å². The largest absolute Gasteiger partial charge is 0.490 e. The first-order chi connectivity index (χ1) is 8.83. The highest BCUT2D eigenvalue weighted by Crippen LogP contribution is 2.28. The van der Waals surface area contributed by atoms with E-state index in [1.807, 2.05) is 36.4 Å². The molecule has 1 unspecified atom stereocenters. The van der Waals surface area contributed by atoms with Crippen molar-refractivity contribution >= 4 is 0 Å². The first kappa shape index (κ1) is 11.2. The van der Waals surface area contributed by atoms with Gasteiger partial charge in [-0.15, -0.1) is 0 Å². The molecule has 18 heavy (non-hydrogen) atoms. The zero-order valence-electron chi connectivity index (χ0n) is 10.1. The molecule has 0 bridgehead atoms. The van der Waals surface area contributed by atoms with E-state index in [0.29, 0.717) is 6.10 Å². The molecule has 2 N–H and O–H groups in total. The minimum atomic E-state index is -0.131. The van der Waals surface area contributed by atoms with Gasteiger partial charge in [-0.2, -0.15) is 0 Å². The number of nitrogens with zero attached hydrogens (tertiary/aromatic N) is 1. The molecular formula is C15H16N2O. The SMILES string of the molecule is NC(c1ccc(OC2CC2)cc1)c1cccnc1. The molecule has 1 aliphatic rings. The summed E-state index contributed by atoms with van der Waals surface area (Å²) in [5, 5.41) is 0. The third-order valence-corrected chi connectivity index (χ3v) is 3.11. The van der Waals surface area contributed by atoms with E-state index >= 15 is 0 Å². The van der Waals surface area contributed by atoms with Crippen molar-refractivity contribution in [1.82, 2.24) is 4.98 Å². The second-order valence-electron chi connectivity index (χ2n) is 4.65. The second kappa shape index (κ2) is 4.78. The highest BCUT2D eigenvalue weighted by Gasteiger charge is 2.23. The molecule has 0 saturated heterocycles. The van der Waals surface area contributed by atoms with Crippen LogP contribution in [0.1, 0.15) is 30.0 Å². The zero-order chi connectivity index (χ0) is 12.4. The van der Waals surface area contributed by atoms with Crippen LogP contribution in [0, 0.1) is 0 Å². The van der Waals surface area contributed by atoms with E-state index in [4.69, 9.17) is 10.5 Å². The van der Waals surface area contributed by atoms with Gasteiger partial charge in [0.25, 0.3) is 0 Å². The maximum atomic E-state index is 6.20. The van der Waals surface area contributed by atoms with E-state index in [-0.39, 0.29) is 6.04 Å². The molecule has 1 fully saturated rings. The van der Waals surface area contributed by atoms with Crippen LogP contribution in [-0.2, 0) is 0 Å². The summed E-state index contributed by atoms with van der Waals surface area (Å²) in [5.41, 5.74) is 8.30. The Labute approximate surface area is 107 Å². The normalized spacial score (nSPS) is 16.3. The van der Waals surface area contributed by atoms with Crippen molar-refractivity contribution in [2.24, 2.45) is 5.73 Å². The molecule has 1 heterocycles. The van der Waals surface area contributed by atoms with Gasteiger partial charge in [0.05, 0.1) is 12.1 Å². The predicted molar refractivity (Wildman–Crippen MR) is 70.4 cm³/mol. The molecule has 1 aromatic heterocycles. The quantitative estimate of drug-likeness (QED) is 0.893. The van der Waals surface area contributed by atoms with Crippen molar-refractivity contribution in [1.29, 1.82) is 0 Å². The fraction of sp³-hybridized carbons (Fsp3) is 0.267. The van der Waals surface area contributed by atoms with Crippen molar-refractivity contribution < 1.29 is 4.74 Å². The smallest absolute Gasteiger partial charge is 0.119 e. The Bertz CT molecular complexity index is 506.